The van der Waals surface area contributed by atoms with Crippen molar-refractivity contribution in [2.24, 2.45) is 0 Å². The molecule has 1 aliphatic rings. The molecule has 3 aromatic rings. The maximum absolute atomic E-state index is 12.5. The first-order chi connectivity index (χ1) is 13.5. The molecule has 0 bridgehead atoms. The van der Waals surface area contributed by atoms with Gasteiger partial charge < -0.3 is 19.4 Å². The Morgan fingerprint density at radius 3 is 2.71 bits per heavy atom. The highest BCUT2D eigenvalue weighted by atomic mass is 16.5. The average molecular weight is 382 g/mol. The second-order valence-corrected chi connectivity index (χ2v) is 7.09. The lowest BCUT2D eigenvalue weighted by molar-refractivity contribution is -0.144. The van der Waals surface area contributed by atoms with Gasteiger partial charge in [0, 0.05) is 24.7 Å². The van der Waals surface area contributed by atoms with Crippen LogP contribution in [0.5, 0.6) is 0 Å². The molecule has 146 valence electrons. The molecule has 0 saturated carbocycles. The number of ether oxygens (including phenoxy) is 1. The number of hydrogen-bond donors (Lipinski definition) is 1. The van der Waals surface area contributed by atoms with Gasteiger partial charge in [0.2, 0.25) is 5.91 Å². The van der Waals surface area contributed by atoms with Crippen molar-refractivity contribution in [2.75, 3.05) is 18.4 Å². The predicted octanol–water partition coefficient (Wildman–Crippen LogP) is 2.52. The van der Waals surface area contributed by atoms with Gasteiger partial charge in [-0.15, -0.1) is 0 Å². The first-order valence-electron chi connectivity index (χ1n) is 9.23. The number of morpholine rings is 1. The van der Waals surface area contributed by atoms with E-state index in [-0.39, 0.29) is 36.3 Å². The van der Waals surface area contributed by atoms with Crippen LogP contribution in [-0.2, 0) is 16.1 Å². The molecule has 1 aliphatic heterocycles. The third-order valence-electron chi connectivity index (χ3n) is 4.61. The number of amides is 2. The van der Waals surface area contributed by atoms with Crippen molar-refractivity contribution in [1.82, 2.24) is 14.7 Å². The fourth-order valence-corrected chi connectivity index (χ4v) is 3.42. The van der Waals surface area contributed by atoms with Gasteiger partial charge in [0.15, 0.2) is 5.76 Å². The van der Waals surface area contributed by atoms with E-state index in [4.69, 9.17) is 9.15 Å². The third-order valence-corrected chi connectivity index (χ3v) is 4.61. The Bertz CT molecular complexity index is 965. The van der Waals surface area contributed by atoms with E-state index in [0.29, 0.717) is 24.4 Å². The van der Waals surface area contributed by atoms with Crippen LogP contribution in [0, 0.1) is 0 Å². The van der Waals surface area contributed by atoms with Crippen molar-refractivity contribution >= 4 is 28.5 Å². The number of para-hydroxylation sites is 1. The molecule has 4 rings (SSSR count). The summed E-state index contributed by atoms with van der Waals surface area (Å²) < 4.78 is 12.7. The van der Waals surface area contributed by atoms with Crippen molar-refractivity contribution in [1.29, 1.82) is 0 Å². The summed E-state index contributed by atoms with van der Waals surface area (Å²) in [5.41, 5.74) is 1.16. The third kappa shape index (κ3) is 3.91. The number of benzene rings is 1. The minimum Gasteiger partial charge on any atom is -0.451 e. The van der Waals surface area contributed by atoms with Gasteiger partial charge in [0.1, 0.15) is 12.1 Å². The molecular weight excluding hydrogens is 360 g/mol. The molecule has 2 amide bonds. The molecule has 8 heteroatoms. The molecule has 8 nitrogen and oxygen atoms in total. The molecule has 2 unspecified atom stereocenters. The summed E-state index contributed by atoms with van der Waals surface area (Å²) in [6, 6.07) is 9.12. The zero-order chi connectivity index (χ0) is 19.7. The molecule has 1 aromatic carbocycles. The summed E-state index contributed by atoms with van der Waals surface area (Å²) in [6.07, 6.45) is 3.18. The Labute approximate surface area is 162 Å². The Balaban J connectivity index is 1.38. The molecule has 0 radical (unpaired) electrons. The predicted molar refractivity (Wildman–Crippen MR) is 103 cm³/mol. The zero-order valence-electron chi connectivity index (χ0n) is 15.8. The highest BCUT2D eigenvalue weighted by Crippen LogP contribution is 2.20. The number of furan rings is 1. The number of carbonyl (C=O) groups is 2. The van der Waals surface area contributed by atoms with Gasteiger partial charge in [-0.25, -0.2) is 0 Å². The van der Waals surface area contributed by atoms with Crippen LogP contribution >= 0.6 is 0 Å². The number of anilines is 1. The maximum atomic E-state index is 12.5. The van der Waals surface area contributed by atoms with E-state index in [1.165, 1.54) is 10.9 Å². The number of nitrogens with one attached hydrogen (secondary N) is 1. The van der Waals surface area contributed by atoms with Crippen molar-refractivity contribution in [3.05, 3.63) is 48.5 Å². The lowest BCUT2D eigenvalue weighted by atomic mass is 10.2. The van der Waals surface area contributed by atoms with Gasteiger partial charge in [0.25, 0.3) is 5.91 Å². The van der Waals surface area contributed by atoms with Gasteiger partial charge in [-0.1, -0.05) is 18.2 Å². The standard InChI is InChI=1S/C20H22N4O4/c1-13-9-23(10-14(2)27-13)19(25)12-24-11-16(8-21-24)22-20(26)18-7-15-5-3-4-6-17(15)28-18/h3-8,11,13-14H,9-10,12H2,1-2H3,(H,22,26). The summed E-state index contributed by atoms with van der Waals surface area (Å²) in [5.74, 6) is -0.167. The van der Waals surface area contributed by atoms with E-state index in [1.807, 2.05) is 38.1 Å². The lowest BCUT2D eigenvalue weighted by Gasteiger charge is -2.35. The zero-order valence-corrected chi connectivity index (χ0v) is 15.8. The second-order valence-electron chi connectivity index (χ2n) is 7.09. The number of hydrogen-bond acceptors (Lipinski definition) is 5. The molecule has 2 aromatic heterocycles. The normalized spacial score (nSPS) is 19.7. The smallest absolute Gasteiger partial charge is 0.291 e. The fraction of sp³-hybridized carbons (Fsp3) is 0.350. The summed E-state index contributed by atoms with van der Waals surface area (Å²) in [7, 11) is 0. The molecule has 3 heterocycles. The number of nitrogens with zero attached hydrogens (tertiary/aromatic N) is 3. The van der Waals surface area contributed by atoms with Crippen LogP contribution in [0.25, 0.3) is 11.0 Å². The van der Waals surface area contributed by atoms with Crippen LogP contribution in [0.15, 0.2) is 47.1 Å². The molecule has 0 spiro atoms. The average Bonchev–Trinajstić information content (AvgIpc) is 3.27. The summed E-state index contributed by atoms with van der Waals surface area (Å²) >= 11 is 0. The van der Waals surface area contributed by atoms with E-state index >= 15 is 0 Å². The lowest BCUT2D eigenvalue weighted by Crippen LogP contribution is -2.49. The molecule has 28 heavy (non-hydrogen) atoms. The number of aromatic nitrogens is 2. The maximum Gasteiger partial charge on any atom is 0.291 e. The van der Waals surface area contributed by atoms with E-state index in [0.717, 1.165) is 5.39 Å². The Kier molecular flexibility index (Phi) is 4.87. The molecule has 1 saturated heterocycles. The van der Waals surface area contributed by atoms with E-state index < -0.39 is 0 Å². The van der Waals surface area contributed by atoms with Crippen molar-refractivity contribution in [2.45, 2.75) is 32.6 Å². The Morgan fingerprint density at radius 1 is 1.21 bits per heavy atom. The van der Waals surface area contributed by atoms with Gasteiger partial charge >= 0.3 is 0 Å². The molecule has 1 N–H and O–H groups in total. The van der Waals surface area contributed by atoms with Crippen LogP contribution in [0.3, 0.4) is 0 Å². The SMILES string of the molecule is CC1CN(C(=O)Cn2cc(NC(=O)c3cc4ccccc4o3)cn2)CC(C)O1. The minimum absolute atomic E-state index is 0.0176. The van der Waals surface area contributed by atoms with Crippen molar-refractivity contribution in [3.63, 3.8) is 0 Å². The van der Waals surface area contributed by atoms with E-state index in [2.05, 4.69) is 10.4 Å². The van der Waals surface area contributed by atoms with E-state index in [1.54, 1.807) is 17.2 Å². The minimum atomic E-state index is -0.363. The highest BCUT2D eigenvalue weighted by molar-refractivity contribution is 6.04. The van der Waals surface area contributed by atoms with Gasteiger partial charge in [-0.3, -0.25) is 14.3 Å². The number of fused-ring (bicyclic) bond motifs is 1. The van der Waals surface area contributed by atoms with Crippen molar-refractivity contribution < 1.29 is 18.7 Å². The van der Waals surface area contributed by atoms with Crippen LogP contribution in [0.4, 0.5) is 5.69 Å². The first-order valence-corrected chi connectivity index (χ1v) is 9.23. The largest absolute Gasteiger partial charge is 0.451 e. The van der Waals surface area contributed by atoms with E-state index in [9.17, 15) is 9.59 Å². The number of carbonyl (C=O) groups excluding carboxylic acids is 2. The van der Waals surface area contributed by atoms with Gasteiger partial charge in [-0.05, 0) is 26.0 Å². The highest BCUT2D eigenvalue weighted by Gasteiger charge is 2.26. The summed E-state index contributed by atoms with van der Waals surface area (Å²) in [5, 5.41) is 7.78. The molecule has 1 fully saturated rings. The quantitative estimate of drug-likeness (QED) is 0.749. The molecule has 0 aliphatic carbocycles. The van der Waals surface area contributed by atoms with Gasteiger partial charge in [-0.2, -0.15) is 5.10 Å². The second kappa shape index (κ2) is 7.47. The topological polar surface area (TPSA) is 89.6 Å². The van der Waals surface area contributed by atoms with Crippen LogP contribution < -0.4 is 5.32 Å². The molecular formula is C20H22N4O4. The first kappa shape index (κ1) is 18.2. The molecule has 2 atom stereocenters. The fourth-order valence-electron chi connectivity index (χ4n) is 3.42. The van der Waals surface area contributed by atoms with Crippen LogP contribution in [0.2, 0.25) is 0 Å². The Hall–Kier alpha value is -3.13. The number of rotatable bonds is 4. The monoisotopic (exact) mass is 382 g/mol. The van der Waals surface area contributed by atoms with Gasteiger partial charge in [0.05, 0.1) is 24.1 Å². The Morgan fingerprint density at radius 2 is 1.96 bits per heavy atom. The van der Waals surface area contributed by atoms with Crippen molar-refractivity contribution in [3.8, 4) is 0 Å². The summed E-state index contributed by atoms with van der Waals surface area (Å²) in [6.45, 7) is 5.16. The summed E-state index contributed by atoms with van der Waals surface area (Å²) in [4.78, 5) is 26.7. The van der Waals surface area contributed by atoms with Crippen LogP contribution in [0.1, 0.15) is 24.4 Å². The van der Waals surface area contributed by atoms with Crippen LogP contribution in [-0.4, -0.2) is 51.8 Å².